The largest absolute Gasteiger partial charge is 0.310 e. The van der Waals surface area contributed by atoms with Gasteiger partial charge in [0, 0.05) is 6.04 Å². The van der Waals surface area contributed by atoms with Crippen molar-refractivity contribution in [2.24, 2.45) is 0 Å². The molecule has 1 atom stereocenters. The van der Waals surface area contributed by atoms with Gasteiger partial charge in [-0.25, -0.2) is 4.39 Å². The van der Waals surface area contributed by atoms with E-state index in [1.165, 1.54) is 19.3 Å². The van der Waals surface area contributed by atoms with Gasteiger partial charge in [-0.1, -0.05) is 45.2 Å². The lowest BCUT2D eigenvalue weighted by Crippen LogP contribution is -2.21. The van der Waals surface area contributed by atoms with Crippen molar-refractivity contribution in [3.8, 4) is 0 Å². The Bertz CT molecular complexity index is 336. The van der Waals surface area contributed by atoms with Crippen LogP contribution in [0.2, 0.25) is 0 Å². The van der Waals surface area contributed by atoms with Crippen LogP contribution in [0.3, 0.4) is 0 Å². The Balaban J connectivity index is 2.70. The maximum atomic E-state index is 13.5. The quantitative estimate of drug-likeness (QED) is 0.695. The van der Waals surface area contributed by atoms with Gasteiger partial charge in [-0.15, -0.1) is 0 Å². The molecule has 96 valence electrons. The summed E-state index contributed by atoms with van der Waals surface area (Å²) >= 11 is 0. The number of rotatable bonds is 7. The zero-order chi connectivity index (χ0) is 12.7. The number of hydrogen-bond acceptors (Lipinski definition) is 1. The molecule has 1 N–H and O–H groups in total. The maximum absolute atomic E-state index is 13.5. The molecule has 1 rings (SSSR count). The highest BCUT2D eigenvalue weighted by molar-refractivity contribution is 5.25. The summed E-state index contributed by atoms with van der Waals surface area (Å²) in [6, 6.07) is 5.88. The van der Waals surface area contributed by atoms with Gasteiger partial charge >= 0.3 is 0 Å². The minimum Gasteiger partial charge on any atom is -0.310 e. The van der Waals surface area contributed by atoms with Gasteiger partial charge in [0.15, 0.2) is 0 Å². The van der Waals surface area contributed by atoms with E-state index in [1.807, 2.05) is 12.1 Å². The van der Waals surface area contributed by atoms with E-state index < -0.39 is 0 Å². The summed E-state index contributed by atoms with van der Waals surface area (Å²) < 4.78 is 13.5. The van der Waals surface area contributed by atoms with Crippen molar-refractivity contribution in [3.05, 3.63) is 35.1 Å². The second-order valence-electron chi connectivity index (χ2n) is 4.61. The predicted molar refractivity (Wildman–Crippen MR) is 71.7 cm³/mol. The molecule has 1 unspecified atom stereocenters. The van der Waals surface area contributed by atoms with Gasteiger partial charge in [0.1, 0.15) is 5.82 Å². The van der Waals surface area contributed by atoms with Gasteiger partial charge in [-0.05, 0) is 37.1 Å². The van der Waals surface area contributed by atoms with E-state index >= 15 is 0 Å². The molecule has 0 spiro atoms. The van der Waals surface area contributed by atoms with Crippen LogP contribution in [0.1, 0.15) is 56.7 Å². The van der Waals surface area contributed by atoms with Crippen LogP contribution in [0, 0.1) is 12.7 Å². The van der Waals surface area contributed by atoms with Crippen LogP contribution in [0.4, 0.5) is 4.39 Å². The van der Waals surface area contributed by atoms with Crippen LogP contribution in [-0.4, -0.2) is 6.54 Å². The van der Waals surface area contributed by atoms with Crippen molar-refractivity contribution in [3.63, 3.8) is 0 Å². The van der Waals surface area contributed by atoms with Crippen molar-refractivity contribution in [2.75, 3.05) is 6.54 Å². The Morgan fingerprint density at radius 2 is 2.00 bits per heavy atom. The van der Waals surface area contributed by atoms with Crippen molar-refractivity contribution in [1.82, 2.24) is 5.32 Å². The third kappa shape index (κ3) is 4.47. The SMILES string of the molecule is CCCCCC(NCC)c1ccc(C)c(F)c1. The first-order valence-corrected chi connectivity index (χ1v) is 6.68. The van der Waals surface area contributed by atoms with Gasteiger partial charge in [0.05, 0.1) is 0 Å². The first kappa shape index (κ1) is 14.2. The molecular weight excluding hydrogens is 213 g/mol. The molecule has 0 radical (unpaired) electrons. The van der Waals surface area contributed by atoms with Crippen LogP contribution >= 0.6 is 0 Å². The van der Waals surface area contributed by atoms with Crippen LogP contribution in [0.5, 0.6) is 0 Å². The Labute approximate surface area is 104 Å². The molecule has 0 amide bonds. The van der Waals surface area contributed by atoms with E-state index in [0.717, 1.165) is 24.1 Å². The summed E-state index contributed by atoms with van der Waals surface area (Å²) in [5.41, 5.74) is 1.80. The Kier molecular flexibility index (Phi) is 6.20. The van der Waals surface area contributed by atoms with Gasteiger partial charge in [0.25, 0.3) is 0 Å². The zero-order valence-corrected chi connectivity index (χ0v) is 11.2. The van der Waals surface area contributed by atoms with E-state index in [1.54, 1.807) is 13.0 Å². The third-order valence-corrected chi connectivity index (χ3v) is 3.15. The van der Waals surface area contributed by atoms with E-state index in [0.29, 0.717) is 6.04 Å². The molecule has 0 aliphatic heterocycles. The average molecular weight is 237 g/mol. The van der Waals surface area contributed by atoms with E-state index in [4.69, 9.17) is 0 Å². The standard InChI is InChI=1S/C15H24FN/c1-4-6-7-8-15(17-5-2)13-10-9-12(3)14(16)11-13/h9-11,15,17H,4-8H2,1-3H3. The molecule has 0 saturated carbocycles. The van der Waals surface area contributed by atoms with Gasteiger partial charge < -0.3 is 5.32 Å². The van der Waals surface area contributed by atoms with Crippen LogP contribution in [0.15, 0.2) is 18.2 Å². The van der Waals surface area contributed by atoms with E-state index in [-0.39, 0.29) is 5.82 Å². The monoisotopic (exact) mass is 237 g/mol. The molecule has 0 bridgehead atoms. The number of halogens is 1. The molecule has 1 nitrogen and oxygen atoms in total. The molecule has 0 saturated heterocycles. The molecule has 1 aromatic carbocycles. The predicted octanol–water partition coefficient (Wildman–Crippen LogP) is 4.37. The smallest absolute Gasteiger partial charge is 0.126 e. The number of benzene rings is 1. The fourth-order valence-electron chi connectivity index (χ4n) is 2.06. The highest BCUT2D eigenvalue weighted by Crippen LogP contribution is 2.21. The minimum atomic E-state index is -0.0964. The lowest BCUT2D eigenvalue weighted by molar-refractivity contribution is 0.483. The summed E-state index contributed by atoms with van der Waals surface area (Å²) in [6.45, 7) is 7.02. The fourth-order valence-corrected chi connectivity index (χ4v) is 2.06. The number of hydrogen-bond donors (Lipinski definition) is 1. The molecule has 1 aromatic rings. The Morgan fingerprint density at radius 1 is 1.24 bits per heavy atom. The molecule has 0 aromatic heterocycles. The highest BCUT2D eigenvalue weighted by Gasteiger charge is 2.11. The summed E-state index contributed by atoms with van der Waals surface area (Å²) in [7, 11) is 0. The van der Waals surface area contributed by atoms with Gasteiger partial charge in [-0.3, -0.25) is 0 Å². The average Bonchev–Trinajstić information content (AvgIpc) is 2.32. The summed E-state index contributed by atoms with van der Waals surface area (Å²) in [4.78, 5) is 0. The topological polar surface area (TPSA) is 12.0 Å². The van der Waals surface area contributed by atoms with Crippen LogP contribution in [-0.2, 0) is 0 Å². The summed E-state index contributed by atoms with van der Waals surface area (Å²) in [6.07, 6.45) is 4.76. The van der Waals surface area contributed by atoms with Crippen molar-refractivity contribution in [1.29, 1.82) is 0 Å². The second kappa shape index (κ2) is 7.44. The van der Waals surface area contributed by atoms with Crippen molar-refractivity contribution >= 4 is 0 Å². The normalized spacial score (nSPS) is 12.7. The first-order valence-electron chi connectivity index (χ1n) is 6.68. The van der Waals surface area contributed by atoms with Crippen molar-refractivity contribution < 1.29 is 4.39 Å². The van der Waals surface area contributed by atoms with Crippen LogP contribution < -0.4 is 5.32 Å². The first-order chi connectivity index (χ1) is 8.19. The molecule has 0 heterocycles. The molecule has 0 fully saturated rings. The maximum Gasteiger partial charge on any atom is 0.126 e. The number of unbranched alkanes of at least 4 members (excludes halogenated alkanes) is 2. The Morgan fingerprint density at radius 3 is 2.59 bits per heavy atom. The number of aryl methyl sites for hydroxylation is 1. The van der Waals surface area contributed by atoms with E-state index in [9.17, 15) is 4.39 Å². The van der Waals surface area contributed by atoms with Gasteiger partial charge in [-0.2, -0.15) is 0 Å². The molecular formula is C15H24FN. The van der Waals surface area contributed by atoms with E-state index in [2.05, 4.69) is 19.2 Å². The highest BCUT2D eigenvalue weighted by atomic mass is 19.1. The summed E-state index contributed by atoms with van der Waals surface area (Å²) in [5.74, 6) is -0.0964. The second-order valence-corrected chi connectivity index (χ2v) is 4.61. The fraction of sp³-hybridized carbons (Fsp3) is 0.600. The van der Waals surface area contributed by atoms with Crippen LogP contribution in [0.25, 0.3) is 0 Å². The third-order valence-electron chi connectivity index (χ3n) is 3.15. The lowest BCUT2D eigenvalue weighted by atomic mass is 9.99. The molecule has 17 heavy (non-hydrogen) atoms. The van der Waals surface area contributed by atoms with Gasteiger partial charge in [0.2, 0.25) is 0 Å². The molecule has 2 heteroatoms. The minimum absolute atomic E-state index is 0.0964. The summed E-state index contributed by atoms with van der Waals surface area (Å²) in [5, 5.41) is 3.44. The molecule has 0 aliphatic carbocycles. The number of nitrogens with one attached hydrogen (secondary N) is 1. The lowest BCUT2D eigenvalue weighted by Gasteiger charge is -2.18. The van der Waals surface area contributed by atoms with Crippen molar-refractivity contribution in [2.45, 2.75) is 52.5 Å². The molecule has 0 aliphatic rings. The zero-order valence-electron chi connectivity index (χ0n) is 11.2. The Hall–Kier alpha value is -0.890.